The fraction of sp³-hybridized carbons (Fsp3) is 0.238. The van der Waals surface area contributed by atoms with Crippen molar-refractivity contribution in [1.82, 2.24) is 14.9 Å². The summed E-state index contributed by atoms with van der Waals surface area (Å²) in [5.41, 5.74) is 6.92. The number of hydrogen-bond acceptors (Lipinski definition) is 8. The summed E-state index contributed by atoms with van der Waals surface area (Å²) in [5, 5.41) is 14.4. The first-order chi connectivity index (χ1) is 15.0. The van der Waals surface area contributed by atoms with Crippen LogP contribution in [0.4, 0.5) is 33.3 Å². The smallest absolute Gasteiger partial charge is 0.353 e. The molecule has 3 N–H and O–H groups in total. The Morgan fingerprint density at radius 3 is 2.39 bits per heavy atom. The Balaban J connectivity index is 1.54. The Hall–Kier alpha value is -3.79. The summed E-state index contributed by atoms with van der Waals surface area (Å²) in [4.78, 5) is 23.5. The number of rotatable bonds is 6. The van der Waals surface area contributed by atoms with Gasteiger partial charge < -0.3 is 16.0 Å². The molecule has 0 aliphatic carbocycles. The molecular formula is C21H22FN7O2. The molecule has 1 aliphatic heterocycles. The van der Waals surface area contributed by atoms with Gasteiger partial charge in [0, 0.05) is 32.7 Å². The van der Waals surface area contributed by atoms with Crippen LogP contribution < -0.4 is 16.0 Å². The van der Waals surface area contributed by atoms with Crippen LogP contribution in [0.25, 0.3) is 0 Å². The minimum atomic E-state index is -0.576. The molecule has 0 radical (unpaired) electrons. The molecule has 1 fully saturated rings. The number of hydrogen-bond donors (Lipinski definition) is 2. The third-order valence-corrected chi connectivity index (χ3v) is 5.12. The zero-order valence-corrected chi connectivity index (χ0v) is 16.7. The van der Waals surface area contributed by atoms with E-state index in [1.54, 1.807) is 12.1 Å². The molecule has 2 heterocycles. The summed E-state index contributed by atoms with van der Waals surface area (Å²) in [7, 11) is 0. The molecule has 0 atom stereocenters. The molecule has 31 heavy (non-hydrogen) atoms. The van der Waals surface area contributed by atoms with E-state index in [4.69, 9.17) is 5.73 Å². The number of nitrogens with two attached hydrogens (primary N) is 1. The van der Waals surface area contributed by atoms with Crippen LogP contribution in [0.3, 0.4) is 0 Å². The van der Waals surface area contributed by atoms with Crippen LogP contribution in [-0.4, -0.2) is 46.0 Å². The Bertz CT molecular complexity index is 1070. The highest BCUT2D eigenvalue weighted by Crippen LogP contribution is 2.33. The van der Waals surface area contributed by atoms with Crippen molar-refractivity contribution in [2.45, 2.75) is 6.54 Å². The molecule has 2 aromatic carbocycles. The maximum atomic E-state index is 14.0. The summed E-state index contributed by atoms with van der Waals surface area (Å²) in [6, 6.07) is 16.2. The highest BCUT2D eigenvalue weighted by atomic mass is 19.1. The molecule has 0 saturated carbocycles. The lowest BCUT2D eigenvalue weighted by molar-refractivity contribution is -0.383. The molecule has 3 aromatic rings. The second-order valence-corrected chi connectivity index (χ2v) is 7.22. The molecule has 0 unspecified atom stereocenters. The lowest BCUT2D eigenvalue weighted by Crippen LogP contribution is -2.46. The van der Waals surface area contributed by atoms with Crippen molar-refractivity contribution in [2.75, 3.05) is 42.1 Å². The summed E-state index contributed by atoms with van der Waals surface area (Å²) in [6.45, 7) is 3.33. The Morgan fingerprint density at radius 1 is 1.03 bits per heavy atom. The third kappa shape index (κ3) is 4.69. The van der Waals surface area contributed by atoms with Gasteiger partial charge in [-0.1, -0.05) is 42.5 Å². The molecule has 1 aliphatic rings. The number of aromatic nitrogens is 2. The van der Waals surface area contributed by atoms with Crippen LogP contribution in [0.1, 0.15) is 5.56 Å². The summed E-state index contributed by atoms with van der Waals surface area (Å²) < 4.78 is 14.0. The van der Waals surface area contributed by atoms with Crippen molar-refractivity contribution < 1.29 is 9.31 Å². The van der Waals surface area contributed by atoms with E-state index < -0.39 is 10.7 Å². The Morgan fingerprint density at radius 2 is 1.71 bits per heavy atom. The Kier molecular flexibility index (Phi) is 5.89. The van der Waals surface area contributed by atoms with Crippen LogP contribution >= 0.6 is 0 Å². The summed E-state index contributed by atoms with van der Waals surface area (Å²) >= 11 is 0. The molecule has 160 valence electrons. The molecular weight excluding hydrogens is 401 g/mol. The number of nitrogens with zero attached hydrogens (tertiary/aromatic N) is 5. The van der Waals surface area contributed by atoms with Gasteiger partial charge in [-0.25, -0.2) is 4.39 Å². The lowest BCUT2D eigenvalue weighted by atomic mass is 10.2. The largest absolute Gasteiger partial charge is 0.378 e. The second kappa shape index (κ2) is 8.92. The van der Waals surface area contributed by atoms with Gasteiger partial charge in [0.25, 0.3) is 0 Å². The van der Waals surface area contributed by atoms with Crippen LogP contribution in [0, 0.1) is 15.9 Å². The predicted octanol–water partition coefficient (Wildman–Crippen LogP) is 3.17. The normalized spacial score (nSPS) is 14.4. The van der Waals surface area contributed by atoms with E-state index in [9.17, 15) is 14.5 Å². The molecule has 0 amide bonds. The van der Waals surface area contributed by atoms with Crippen molar-refractivity contribution in [3.8, 4) is 0 Å². The van der Waals surface area contributed by atoms with Gasteiger partial charge in [-0.2, -0.15) is 9.97 Å². The maximum Gasteiger partial charge on any atom is 0.353 e. The van der Waals surface area contributed by atoms with Gasteiger partial charge in [-0.05, 0) is 17.7 Å². The predicted molar refractivity (Wildman–Crippen MR) is 117 cm³/mol. The van der Waals surface area contributed by atoms with E-state index in [2.05, 4.69) is 32.3 Å². The van der Waals surface area contributed by atoms with E-state index >= 15 is 0 Å². The molecule has 4 rings (SSSR count). The number of halogens is 1. The number of benzene rings is 2. The first-order valence-electron chi connectivity index (χ1n) is 9.86. The first kappa shape index (κ1) is 20.5. The monoisotopic (exact) mass is 423 g/mol. The number of nitrogen functional groups attached to an aromatic ring is 1. The van der Waals surface area contributed by atoms with Gasteiger partial charge in [-0.15, -0.1) is 0 Å². The zero-order valence-electron chi connectivity index (χ0n) is 16.7. The van der Waals surface area contributed by atoms with Crippen LogP contribution in [0.5, 0.6) is 0 Å². The summed E-state index contributed by atoms with van der Waals surface area (Å²) in [5.74, 6) is -0.606. The van der Waals surface area contributed by atoms with Gasteiger partial charge in [-0.3, -0.25) is 15.0 Å². The van der Waals surface area contributed by atoms with Gasteiger partial charge in [0.2, 0.25) is 17.6 Å². The van der Waals surface area contributed by atoms with Gasteiger partial charge in [0.05, 0.1) is 10.6 Å². The SMILES string of the molecule is Nc1nc(Nc2ccccc2F)nc(N2CCN(Cc3ccccc3)CC2)c1[N+](=O)[O-]. The van der Waals surface area contributed by atoms with Gasteiger partial charge >= 0.3 is 5.69 Å². The molecule has 0 bridgehead atoms. The fourth-order valence-corrected chi connectivity index (χ4v) is 3.55. The van der Waals surface area contributed by atoms with E-state index in [1.807, 2.05) is 23.1 Å². The molecule has 0 spiro atoms. The Labute approximate surface area is 178 Å². The molecule has 1 aromatic heterocycles. The van der Waals surface area contributed by atoms with Gasteiger partial charge in [0.15, 0.2) is 0 Å². The van der Waals surface area contributed by atoms with Crippen molar-refractivity contribution in [3.05, 3.63) is 76.1 Å². The van der Waals surface area contributed by atoms with Crippen molar-refractivity contribution >= 4 is 29.0 Å². The van der Waals surface area contributed by atoms with Gasteiger partial charge in [0.1, 0.15) is 5.82 Å². The number of piperazine rings is 1. The molecule has 1 saturated heterocycles. The number of anilines is 4. The lowest BCUT2D eigenvalue weighted by Gasteiger charge is -2.35. The van der Waals surface area contributed by atoms with Crippen molar-refractivity contribution in [3.63, 3.8) is 0 Å². The van der Waals surface area contributed by atoms with E-state index in [-0.39, 0.29) is 29.0 Å². The number of para-hydroxylation sites is 1. The summed E-state index contributed by atoms with van der Waals surface area (Å²) in [6.07, 6.45) is 0. The van der Waals surface area contributed by atoms with E-state index in [1.165, 1.54) is 17.7 Å². The van der Waals surface area contributed by atoms with E-state index in [0.29, 0.717) is 26.2 Å². The molecule has 9 nitrogen and oxygen atoms in total. The topological polar surface area (TPSA) is 113 Å². The molecule has 10 heteroatoms. The van der Waals surface area contributed by atoms with Crippen LogP contribution in [0.15, 0.2) is 54.6 Å². The highest BCUT2D eigenvalue weighted by Gasteiger charge is 2.29. The van der Waals surface area contributed by atoms with E-state index in [0.717, 1.165) is 6.54 Å². The van der Waals surface area contributed by atoms with Crippen molar-refractivity contribution in [2.24, 2.45) is 0 Å². The fourth-order valence-electron chi connectivity index (χ4n) is 3.55. The number of nitro groups is 1. The zero-order chi connectivity index (χ0) is 21.8. The number of nitrogens with one attached hydrogen (secondary N) is 1. The first-order valence-corrected chi connectivity index (χ1v) is 9.86. The minimum absolute atomic E-state index is 0.00918. The highest BCUT2D eigenvalue weighted by molar-refractivity contribution is 5.72. The van der Waals surface area contributed by atoms with Crippen LogP contribution in [0.2, 0.25) is 0 Å². The van der Waals surface area contributed by atoms with Crippen LogP contribution in [-0.2, 0) is 6.54 Å². The maximum absolute atomic E-state index is 14.0. The second-order valence-electron chi connectivity index (χ2n) is 7.22. The average molecular weight is 423 g/mol. The quantitative estimate of drug-likeness (QED) is 0.459. The third-order valence-electron chi connectivity index (χ3n) is 5.12. The standard InChI is InChI=1S/C21H22FN7O2/c22-16-8-4-5-9-17(16)24-21-25-19(23)18(29(30)31)20(26-21)28-12-10-27(11-13-28)14-15-6-2-1-3-7-15/h1-9H,10-14H2,(H3,23,24,25,26). The van der Waals surface area contributed by atoms with Crippen molar-refractivity contribution in [1.29, 1.82) is 0 Å². The average Bonchev–Trinajstić information content (AvgIpc) is 2.76. The minimum Gasteiger partial charge on any atom is -0.378 e.